The van der Waals surface area contributed by atoms with Gasteiger partial charge in [-0.2, -0.15) is 0 Å². The van der Waals surface area contributed by atoms with Gasteiger partial charge in [0.25, 0.3) is 5.91 Å². The fraction of sp³-hybridized carbons (Fsp3) is 0.472. The molecular weight excluding hydrogens is 568 g/mol. The van der Waals surface area contributed by atoms with Gasteiger partial charge in [0, 0.05) is 57.3 Å². The van der Waals surface area contributed by atoms with E-state index < -0.39 is 29.1 Å². The van der Waals surface area contributed by atoms with E-state index in [4.69, 9.17) is 4.74 Å². The molecule has 9 nitrogen and oxygen atoms in total. The highest BCUT2D eigenvalue weighted by molar-refractivity contribution is 6.06. The maximum absolute atomic E-state index is 14.7. The Labute approximate surface area is 265 Å². The summed E-state index contributed by atoms with van der Waals surface area (Å²) in [5.41, 5.74) is 0.455. The number of aliphatic hydroxyl groups is 1. The Hall–Kier alpha value is -3.95. The number of unbranched alkanes of at least 4 members (excludes halogenated alkanes) is 1. The van der Waals surface area contributed by atoms with E-state index in [0.29, 0.717) is 39.0 Å². The van der Waals surface area contributed by atoms with Crippen LogP contribution in [0.25, 0.3) is 0 Å². The van der Waals surface area contributed by atoms with E-state index in [1.54, 1.807) is 14.7 Å². The number of fused-ring (bicyclic) bond motifs is 2. The highest BCUT2D eigenvalue weighted by Crippen LogP contribution is 2.57. The van der Waals surface area contributed by atoms with Gasteiger partial charge in [0.1, 0.15) is 11.6 Å². The molecule has 45 heavy (non-hydrogen) atoms. The number of benzene rings is 2. The molecule has 1 spiro atoms. The number of hydrogen-bond donors (Lipinski definition) is 1. The van der Waals surface area contributed by atoms with Crippen LogP contribution in [-0.4, -0.2) is 89.2 Å². The first kappa shape index (κ1) is 31.0. The molecule has 2 saturated heterocycles. The van der Waals surface area contributed by atoms with Crippen molar-refractivity contribution in [1.82, 2.24) is 9.80 Å². The van der Waals surface area contributed by atoms with E-state index in [1.807, 2.05) is 85.8 Å². The van der Waals surface area contributed by atoms with E-state index in [2.05, 4.69) is 18.7 Å². The minimum Gasteiger partial charge on any atom is -0.396 e. The average Bonchev–Trinajstić information content (AvgIpc) is 3.31. The summed E-state index contributed by atoms with van der Waals surface area (Å²) in [4.78, 5) is 51.0. The predicted molar refractivity (Wildman–Crippen MR) is 174 cm³/mol. The summed E-state index contributed by atoms with van der Waals surface area (Å²) in [6, 6.07) is 16.8. The van der Waals surface area contributed by atoms with Crippen molar-refractivity contribution in [3.8, 4) is 0 Å². The first-order chi connectivity index (χ1) is 21.8. The molecule has 4 heterocycles. The number of rotatable bonds is 10. The summed E-state index contributed by atoms with van der Waals surface area (Å²) < 4.78 is 6.95. The molecule has 0 aromatic heterocycles. The van der Waals surface area contributed by atoms with Gasteiger partial charge in [0.15, 0.2) is 0 Å². The zero-order chi connectivity index (χ0) is 31.8. The van der Waals surface area contributed by atoms with Crippen LogP contribution < -0.4 is 9.80 Å². The number of carbonyl (C=O) groups excluding carboxylic acids is 3. The molecule has 2 aromatic rings. The van der Waals surface area contributed by atoms with Crippen molar-refractivity contribution in [2.45, 2.75) is 57.4 Å². The maximum atomic E-state index is 14.7. The van der Waals surface area contributed by atoms with E-state index in [1.165, 1.54) is 0 Å². The Morgan fingerprint density at radius 1 is 0.867 bits per heavy atom. The molecule has 4 aliphatic heterocycles. The van der Waals surface area contributed by atoms with Gasteiger partial charge in [0.05, 0.1) is 17.4 Å². The largest absolute Gasteiger partial charge is 0.396 e. The van der Waals surface area contributed by atoms with Crippen LogP contribution in [0.15, 0.2) is 78.9 Å². The lowest BCUT2D eigenvalue weighted by Gasteiger charge is -2.37. The van der Waals surface area contributed by atoms with E-state index in [0.717, 1.165) is 30.0 Å². The van der Waals surface area contributed by atoms with Crippen LogP contribution in [0.1, 0.15) is 39.2 Å². The molecule has 0 radical (unpaired) electrons. The summed E-state index contributed by atoms with van der Waals surface area (Å²) >= 11 is 0. The molecule has 4 aliphatic rings. The minimum atomic E-state index is -1.31. The van der Waals surface area contributed by atoms with Crippen LogP contribution >= 0.6 is 0 Å². The third-order valence-corrected chi connectivity index (χ3v) is 9.95. The second-order valence-electron chi connectivity index (χ2n) is 12.6. The lowest BCUT2D eigenvalue weighted by molar-refractivity contribution is -0.148. The summed E-state index contributed by atoms with van der Waals surface area (Å²) in [6.45, 7) is 9.29. The number of nitrogens with zero attached hydrogens (tertiary/aromatic N) is 4. The van der Waals surface area contributed by atoms with Gasteiger partial charge in [-0.3, -0.25) is 14.4 Å². The Bertz CT molecular complexity index is 1470. The van der Waals surface area contributed by atoms with Crippen LogP contribution in [0, 0.1) is 11.8 Å². The molecule has 1 unspecified atom stereocenters. The molecule has 0 aliphatic carbocycles. The second kappa shape index (κ2) is 12.4. The highest BCUT2D eigenvalue weighted by atomic mass is 16.5. The maximum Gasteiger partial charge on any atom is 0.253 e. The molecule has 0 saturated carbocycles. The zero-order valence-corrected chi connectivity index (χ0v) is 26.5. The fourth-order valence-corrected chi connectivity index (χ4v) is 7.82. The SMILES string of the molecule is CCN(CC)c1ccc(N2CC=C[C@]34O[C@]5(C)C=CCN(Cc6ccccc6)C(=O)[C@@H]5[C@H]3C(=O)N(CCCCO)C4C2=O)cc1. The highest BCUT2D eigenvalue weighted by Gasteiger charge is 2.74. The topological polar surface area (TPSA) is 93.6 Å². The number of ether oxygens (including phenoxy) is 1. The smallest absolute Gasteiger partial charge is 0.253 e. The molecule has 9 heteroatoms. The molecule has 3 amide bonds. The van der Waals surface area contributed by atoms with Crippen molar-refractivity contribution in [3.63, 3.8) is 0 Å². The molecular formula is C36H44N4O5. The number of aliphatic hydroxyl groups excluding tert-OH is 1. The zero-order valence-electron chi connectivity index (χ0n) is 26.5. The van der Waals surface area contributed by atoms with Crippen molar-refractivity contribution in [2.75, 3.05) is 49.1 Å². The van der Waals surface area contributed by atoms with E-state index in [9.17, 15) is 19.5 Å². The first-order valence-electron chi connectivity index (χ1n) is 16.2. The van der Waals surface area contributed by atoms with Crippen LogP contribution in [0.5, 0.6) is 0 Å². The van der Waals surface area contributed by atoms with Crippen molar-refractivity contribution in [1.29, 1.82) is 0 Å². The number of hydrogen-bond acceptors (Lipinski definition) is 6. The number of likely N-dealkylation sites (tertiary alicyclic amines) is 1. The second-order valence-corrected chi connectivity index (χ2v) is 12.6. The predicted octanol–water partition coefficient (Wildman–Crippen LogP) is 3.78. The van der Waals surface area contributed by atoms with Gasteiger partial charge in [-0.25, -0.2) is 0 Å². The quantitative estimate of drug-likeness (QED) is 0.325. The molecule has 1 N–H and O–H groups in total. The summed E-state index contributed by atoms with van der Waals surface area (Å²) in [5.74, 6) is -2.28. The van der Waals surface area contributed by atoms with Gasteiger partial charge in [0.2, 0.25) is 11.8 Å². The number of amides is 3. The summed E-state index contributed by atoms with van der Waals surface area (Å²) in [6.07, 6.45) is 8.70. The first-order valence-corrected chi connectivity index (χ1v) is 16.2. The summed E-state index contributed by atoms with van der Waals surface area (Å²) in [7, 11) is 0. The third kappa shape index (κ3) is 5.25. The molecule has 0 bridgehead atoms. The Morgan fingerprint density at radius 2 is 1.58 bits per heavy atom. The molecule has 6 rings (SSSR count). The molecule has 2 fully saturated rings. The van der Waals surface area contributed by atoms with Crippen LogP contribution in [0.2, 0.25) is 0 Å². The molecule has 2 aromatic carbocycles. The Morgan fingerprint density at radius 3 is 2.27 bits per heavy atom. The van der Waals surface area contributed by atoms with Crippen LogP contribution in [0.3, 0.4) is 0 Å². The van der Waals surface area contributed by atoms with Gasteiger partial charge in [-0.05, 0) is 63.4 Å². The fourth-order valence-electron chi connectivity index (χ4n) is 7.82. The van der Waals surface area contributed by atoms with Crippen LogP contribution in [-0.2, 0) is 25.7 Å². The van der Waals surface area contributed by atoms with E-state index in [-0.39, 0.29) is 24.3 Å². The lowest BCUT2D eigenvalue weighted by atomic mass is 9.74. The van der Waals surface area contributed by atoms with Gasteiger partial charge in [-0.15, -0.1) is 0 Å². The summed E-state index contributed by atoms with van der Waals surface area (Å²) in [5, 5.41) is 9.51. The third-order valence-electron chi connectivity index (χ3n) is 9.95. The molecule has 238 valence electrons. The Balaban J connectivity index is 1.38. The standard InChI is InChI=1S/C36H44N4O5/c1-4-37(5-2)27-15-17-28(18-16-27)39-23-12-20-36-30(33(43)40(22-9-10-24-41)31(36)34(39)44)29-32(42)38(21-11-19-35(29,3)45-36)25-26-13-7-6-8-14-26/h6-8,11-20,29-31,41H,4-5,9-10,21-25H2,1-3H3/t29-,30-,31?,35+,36-/m0/s1. The van der Waals surface area contributed by atoms with Gasteiger partial charge in [-0.1, -0.05) is 54.6 Å². The monoisotopic (exact) mass is 612 g/mol. The molecule has 5 atom stereocenters. The normalized spacial score (nSPS) is 29.0. The van der Waals surface area contributed by atoms with Gasteiger partial charge < -0.3 is 29.4 Å². The number of carbonyl (C=O) groups is 3. The lowest BCUT2D eigenvalue weighted by Crippen LogP contribution is -2.56. The Kier molecular flexibility index (Phi) is 8.59. The van der Waals surface area contributed by atoms with Crippen molar-refractivity contribution < 1.29 is 24.2 Å². The average molecular weight is 613 g/mol. The van der Waals surface area contributed by atoms with Gasteiger partial charge >= 0.3 is 0 Å². The number of anilines is 2. The van der Waals surface area contributed by atoms with Crippen molar-refractivity contribution >= 4 is 29.1 Å². The van der Waals surface area contributed by atoms with E-state index >= 15 is 0 Å². The van der Waals surface area contributed by atoms with Crippen LogP contribution in [0.4, 0.5) is 11.4 Å². The van der Waals surface area contributed by atoms with Crippen molar-refractivity contribution in [2.24, 2.45) is 11.8 Å². The van der Waals surface area contributed by atoms with Crippen molar-refractivity contribution in [3.05, 3.63) is 84.5 Å². The minimum absolute atomic E-state index is 0.00491.